The summed E-state index contributed by atoms with van der Waals surface area (Å²) in [5, 5.41) is 3.65. The molecule has 1 fully saturated rings. The third-order valence-electron chi connectivity index (χ3n) is 3.27. The molecule has 0 aliphatic carbocycles. The van der Waals surface area contributed by atoms with Gasteiger partial charge in [-0.2, -0.15) is 0 Å². The minimum Gasteiger partial charge on any atom is -0.313 e. The highest BCUT2D eigenvalue weighted by molar-refractivity contribution is 4.96. The molecule has 1 aliphatic rings. The van der Waals surface area contributed by atoms with Crippen molar-refractivity contribution in [2.24, 2.45) is 16.7 Å². The van der Waals surface area contributed by atoms with Crippen molar-refractivity contribution in [2.75, 3.05) is 6.54 Å². The second-order valence-electron chi connectivity index (χ2n) is 6.56. The van der Waals surface area contributed by atoms with Gasteiger partial charge in [0.05, 0.1) is 0 Å². The van der Waals surface area contributed by atoms with Gasteiger partial charge in [0.1, 0.15) is 0 Å². The first kappa shape index (κ1) is 11.0. The topological polar surface area (TPSA) is 12.0 Å². The number of hydrogen-bond donors (Lipinski definition) is 1. The van der Waals surface area contributed by atoms with Crippen LogP contribution in [0.25, 0.3) is 0 Å². The fourth-order valence-corrected chi connectivity index (χ4v) is 2.55. The minimum absolute atomic E-state index is 0.397. The van der Waals surface area contributed by atoms with Gasteiger partial charge in [-0.1, -0.05) is 41.5 Å². The summed E-state index contributed by atoms with van der Waals surface area (Å²) in [4.78, 5) is 0. The third-order valence-corrected chi connectivity index (χ3v) is 3.27. The molecule has 2 unspecified atom stereocenters. The van der Waals surface area contributed by atoms with Gasteiger partial charge in [0.25, 0.3) is 0 Å². The van der Waals surface area contributed by atoms with Gasteiger partial charge in [0.15, 0.2) is 0 Å². The molecule has 0 aromatic heterocycles. The Morgan fingerprint density at radius 3 is 1.77 bits per heavy atom. The predicted octanol–water partition coefficient (Wildman–Crippen LogP) is 3.06. The number of nitrogens with one attached hydrogen (secondary N) is 1. The normalized spacial score (nSPS) is 30.9. The summed E-state index contributed by atoms with van der Waals surface area (Å²) in [6, 6.07) is 0.687. The smallest absolute Gasteiger partial charge is 0.0149 e. The van der Waals surface area contributed by atoms with Crippen LogP contribution in [0.1, 0.15) is 48.0 Å². The summed E-state index contributed by atoms with van der Waals surface area (Å²) in [5.74, 6) is 0.826. The molecular weight excluding hydrogens is 158 g/mol. The Morgan fingerprint density at radius 2 is 1.46 bits per heavy atom. The molecule has 1 saturated heterocycles. The van der Waals surface area contributed by atoms with E-state index in [1.165, 1.54) is 13.0 Å². The standard InChI is InChI=1S/C12H25N/c1-11(2,3)9-7-8-13-10(9)12(4,5)6/h9-10,13H,7-8H2,1-6H3. The van der Waals surface area contributed by atoms with Crippen molar-refractivity contribution in [3.05, 3.63) is 0 Å². The average Bonchev–Trinajstić information content (AvgIpc) is 2.27. The Hall–Kier alpha value is -0.0400. The predicted molar refractivity (Wildman–Crippen MR) is 58.8 cm³/mol. The summed E-state index contributed by atoms with van der Waals surface area (Å²) in [5.41, 5.74) is 0.843. The van der Waals surface area contributed by atoms with Crippen LogP contribution in [0.3, 0.4) is 0 Å². The molecule has 1 heterocycles. The Bertz CT molecular complexity index is 151. The lowest BCUT2D eigenvalue weighted by atomic mass is 9.69. The maximum absolute atomic E-state index is 3.65. The molecule has 0 spiro atoms. The highest BCUT2D eigenvalue weighted by Crippen LogP contribution is 2.40. The minimum atomic E-state index is 0.397. The first-order valence-electron chi connectivity index (χ1n) is 5.46. The van der Waals surface area contributed by atoms with Gasteiger partial charge in [-0.3, -0.25) is 0 Å². The van der Waals surface area contributed by atoms with Crippen LogP contribution in [0, 0.1) is 16.7 Å². The Labute approximate surface area is 83.3 Å². The second-order valence-corrected chi connectivity index (χ2v) is 6.56. The van der Waals surface area contributed by atoms with Crippen LogP contribution in [-0.2, 0) is 0 Å². The van der Waals surface area contributed by atoms with Crippen molar-refractivity contribution < 1.29 is 0 Å². The highest BCUT2D eigenvalue weighted by Gasteiger charge is 2.41. The van der Waals surface area contributed by atoms with Crippen LogP contribution in [-0.4, -0.2) is 12.6 Å². The van der Waals surface area contributed by atoms with E-state index in [9.17, 15) is 0 Å². The first-order valence-corrected chi connectivity index (χ1v) is 5.46. The van der Waals surface area contributed by atoms with Gasteiger partial charge in [-0.25, -0.2) is 0 Å². The third kappa shape index (κ3) is 2.46. The molecule has 78 valence electrons. The number of rotatable bonds is 0. The van der Waals surface area contributed by atoms with Gasteiger partial charge in [0.2, 0.25) is 0 Å². The monoisotopic (exact) mass is 183 g/mol. The van der Waals surface area contributed by atoms with E-state index in [2.05, 4.69) is 46.9 Å². The molecule has 0 radical (unpaired) electrons. The maximum atomic E-state index is 3.65. The largest absolute Gasteiger partial charge is 0.313 e. The van der Waals surface area contributed by atoms with Crippen molar-refractivity contribution in [3.63, 3.8) is 0 Å². The van der Waals surface area contributed by atoms with Crippen molar-refractivity contribution in [2.45, 2.75) is 54.0 Å². The van der Waals surface area contributed by atoms with E-state index in [0.717, 1.165) is 5.92 Å². The van der Waals surface area contributed by atoms with E-state index in [0.29, 0.717) is 16.9 Å². The molecule has 0 aromatic carbocycles. The van der Waals surface area contributed by atoms with E-state index in [1.807, 2.05) is 0 Å². The summed E-state index contributed by atoms with van der Waals surface area (Å²) in [6.45, 7) is 15.3. The zero-order chi connectivity index (χ0) is 10.3. The molecule has 2 atom stereocenters. The van der Waals surface area contributed by atoms with E-state index in [-0.39, 0.29) is 0 Å². The molecule has 0 saturated carbocycles. The van der Waals surface area contributed by atoms with Crippen molar-refractivity contribution in [1.29, 1.82) is 0 Å². The molecule has 0 amide bonds. The van der Waals surface area contributed by atoms with Crippen molar-refractivity contribution in [3.8, 4) is 0 Å². The van der Waals surface area contributed by atoms with Gasteiger partial charge in [0, 0.05) is 6.04 Å². The molecule has 1 heteroatoms. The van der Waals surface area contributed by atoms with Gasteiger partial charge in [-0.15, -0.1) is 0 Å². The lowest BCUT2D eigenvalue weighted by molar-refractivity contribution is 0.142. The molecule has 0 bridgehead atoms. The van der Waals surface area contributed by atoms with Gasteiger partial charge in [-0.05, 0) is 29.7 Å². The fraction of sp³-hybridized carbons (Fsp3) is 1.00. The molecule has 1 rings (SSSR count). The second kappa shape index (κ2) is 3.27. The average molecular weight is 183 g/mol. The van der Waals surface area contributed by atoms with E-state index < -0.39 is 0 Å². The fourth-order valence-electron chi connectivity index (χ4n) is 2.55. The Morgan fingerprint density at radius 1 is 0.923 bits per heavy atom. The lowest BCUT2D eigenvalue weighted by Crippen LogP contribution is -2.43. The molecule has 1 nitrogen and oxygen atoms in total. The van der Waals surface area contributed by atoms with Crippen LogP contribution in [0.4, 0.5) is 0 Å². The van der Waals surface area contributed by atoms with Crippen LogP contribution >= 0.6 is 0 Å². The van der Waals surface area contributed by atoms with Crippen LogP contribution in [0.5, 0.6) is 0 Å². The number of hydrogen-bond acceptors (Lipinski definition) is 1. The van der Waals surface area contributed by atoms with Crippen molar-refractivity contribution >= 4 is 0 Å². The summed E-state index contributed by atoms with van der Waals surface area (Å²) in [6.07, 6.45) is 1.34. The molecule has 1 N–H and O–H groups in total. The first-order chi connectivity index (χ1) is 5.73. The van der Waals surface area contributed by atoms with Crippen molar-refractivity contribution in [1.82, 2.24) is 5.32 Å². The maximum Gasteiger partial charge on any atom is 0.0149 e. The summed E-state index contributed by atoms with van der Waals surface area (Å²) in [7, 11) is 0. The quantitative estimate of drug-likeness (QED) is 0.608. The zero-order valence-electron chi connectivity index (χ0n) is 10.1. The van der Waals surface area contributed by atoms with Crippen LogP contribution in [0.15, 0.2) is 0 Å². The van der Waals surface area contributed by atoms with Crippen LogP contribution in [0.2, 0.25) is 0 Å². The highest BCUT2D eigenvalue weighted by atomic mass is 15.0. The van der Waals surface area contributed by atoms with Gasteiger partial charge >= 0.3 is 0 Å². The molecular formula is C12H25N. The summed E-state index contributed by atoms with van der Waals surface area (Å²) < 4.78 is 0. The van der Waals surface area contributed by atoms with E-state index >= 15 is 0 Å². The Kier molecular flexibility index (Phi) is 2.78. The van der Waals surface area contributed by atoms with E-state index in [1.54, 1.807) is 0 Å². The van der Waals surface area contributed by atoms with Gasteiger partial charge < -0.3 is 5.32 Å². The molecule has 1 aliphatic heterocycles. The molecule has 0 aromatic rings. The Balaban J connectivity index is 2.76. The SMILES string of the molecule is CC(C)(C)C1CCNC1C(C)(C)C. The molecule has 13 heavy (non-hydrogen) atoms. The van der Waals surface area contributed by atoms with E-state index in [4.69, 9.17) is 0 Å². The zero-order valence-corrected chi connectivity index (χ0v) is 10.1. The lowest BCUT2D eigenvalue weighted by Gasteiger charge is -2.39. The summed E-state index contributed by atoms with van der Waals surface area (Å²) >= 11 is 0. The van der Waals surface area contributed by atoms with Crippen LogP contribution < -0.4 is 5.32 Å².